The van der Waals surface area contributed by atoms with Crippen molar-refractivity contribution in [3.8, 4) is 5.75 Å². The number of ether oxygens (including phenoxy) is 1. The van der Waals surface area contributed by atoms with Gasteiger partial charge < -0.3 is 4.74 Å². The van der Waals surface area contributed by atoms with Crippen molar-refractivity contribution in [3.63, 3.8) is 0 Å². The Morgan fingerprint density at radius 1 is 0.903 bits per heavy atom. The molecule has 0 amide bonds. The fraction of sp³-hybridized carbons (Fsp3) is 0.308. The van der Waals surface area contributed by atoms with E-state index in [0.717, 1.165) is 55.9 Å². The van der Waals surface area contributed by atoms with Crippen molar-refractivity contribution in [3.05, 3.63) is 95.8 Å². The number of benzene rings is 2. The smallest absolute Gasteiger partial charge is 0.200 e. The zero-order valence-corrected chi connectivity index (χ0v) is 17.5. The summed E-state index contributed by atoms with van der Waals surface area (Å²) in [4.78, 5) is 6.70. The summed E-state index contributed by atoms with van der Waals surface area (Å²) in [7, 11) is 0. The van der Waals surface area contributed by atoms with Crippen LogP contribution in [0.1, 0.15) is 42.0 Å². The number of hydrogen-bond donors (Lipinski definition) is 0. The van der Waals surface area contributed by atoms with Gasteiger partial charge in [0.15, 0.2) is 0 Å². The Labute approximate surface area is 183 Å². The highest BCUT2D eigenvalue weighted by molar-refractivity contribution is 6.01. The van der Waals surface area contributed by atoms with Crippen LogP contribution in [0, 0.1) is 0 Å². The molecule has 1 saturated heterocycles. The normalized spacial score (nSPS) is 21.9. The first-order valence-electron chi connectivity index (χ1n) is 11.1. The molecule has 31 heavy (non-hydrogen) atoms. The van der Waals surface area contributed by atoms with Gasteiger partial charge in [0.2, 0.25) is 5.72 Å². The Hall–Kier alpha value is -3.18. The molecule has 0 bridgehead atoms. The summed E-state index contributed by atoms with van der Waals surface area (Å²) in [6.07, 6.45) is 6.48. The van der Waals surface area contributed by atoms with Crippen LogP contribution in [0.5, 0.6) is 5.75 Å². The average Bonchev–Trinajstić information content (AvgIpc) is 3.29. The Morgan fingerprint density at radius 2 is 1.65 bits per heavy atom. The number of hydrogen-bond acceptors (Lipinski definition) is 5. The third-order valence-corrected chi connectivity index (χ3v) is 6.81. The van der Waals surface area contributed by atoms with E-state index in [1.165, 1.54) is 11.1 Å². The number of para-hydroxylation sites is 1. The Kier molecular flexibility index (Phi) is 4.50. The molecule has 1 fully saturated rings. The van der Waals surface area contributed by atoms with Crippen LogP contribution < -0.4 is 4.74 Å². The van der Waals surface area contributed by atoms with Gasteiger partial charge in [-0.1, -0.05) is 48.5 Å². The van der Waals surface area contributed by atoms with Crippen LogP contribution in [0.15, 0.2) is 84.2 Å². The lowest BCUT2D eigenvalue weighted by atomic mass is 9.90. The summed E-state index contributed by atoms with van der Waals surface area (Å²) >= 11 is 0. The van der Waals surface area contributed by atoms with Gasteiger partial charge >= 0.3 is 0 Å². The minimum absolute atomic E-state index is 0.230. The van der Waals surface area contributed by atoms with Crippen molar-refractivity contribution in [1.82, 2.24) is 14.9 Å². The molecule has 4 heterocycles. The molecule has 5 nitrogen and oxygen atoms in total. The molecular weight excluding hydrogens is 384 g/mol. The molecule has 3 aromatic rings. The predicted molar refractivity (Wildman–Crippen MR) is 121 cm³/mol. The van der Waals surface area contributed by atoms with Crippen LogP contribution in [0.25, 0.3) is 0 Å². The summed E-state index contributed by atoms with van der Waals surface area (Å²) in [6, 6.07) is 23.6. The van der Waals surface area contributed by atoms with E-state index >= 15 is 0 Å². The average molecular weight is 411 g/mol. The predicted octanol–water partition coefficient (Wildman–Crippen LogP) is 4.62. The van der Waals surface area contributed by atoms with Gasteiger partial charge in [-0.05, 0) is 23.8 Å². The molecule has 1 atom stereocenters. The Bertz CT molecular complexity index is 1090. The summed E-state index contributed by atoms with van der Waals surface area (Å²) < 4.78 is 6.74. The van der Waals surface area contributed by atoms with Crippen LogP contribution in [-0.2, 0) is 6.54 Å². The number of likely N-dealkylation sites (tertiary alicyclic amines) is 1. The molecule has 5 heteroatoms. The molecule has 3 aliphatic heterocycles. The van der Waals surface area contributed by atoms with Gasteiger partial charge in [-0.3, -0.25) is 9.88 Å². The number of hydrazone groups is 1. The first kappa shape index (κ1) is 18.6. The molecule has 0 saturated carbocycles. The number of pyridine rings is 1. The highest BCUT2D eigenvalue weighted by Crippen LogP contribution is 2.49. The molecule has 1 spiro atoms. The summed E-state index contributed by atoms with van der Waals surface area (Å²) in [6.45, 7) is 2.99. The second-order valence-electron chi connectivity index (χ2n) is 8.69. The van der Waals surface area contributed by atoms with Crippen LogP contribution >= 0.6 is 0 Å². The van der Waals surface area contributed by atoms with E-state index in [0.29, 0.717) is 0 Å². The van der Waals surface area contributed by atoms with Crippen LogP contribution in [0.4, 0.5) is 0 Å². The fourth-order valence-electron chi connectivity index (χ4n) is 5.18. The lowest BCUT2D eigenvalue weighted by Gasteiger charge is -2.51. The molecule has 0 aliphatic carbocycles. The molecule has 1 aromatic heterocycles. The standard InChI is InChI=1S/C26H26N4O/c1-2-6-20(7-3-1)19-29-16-12-26(13-17-29)30-24(22-8-4-5-9-25(22)31-26)18-23(28-30)21-10-14-27-15-11-21/h1-11,14-15,24H,12-13,16-19H2/t24-/m1/s1. The number of nitrogens with zero attached hydrogens (tertiary/aromatic N) is 4. The Morgan fingerprint density at radius 3 is 2.45 bits per heavy atom. The molecule has 0 unspecified atom stereocenters. The van der Waals surface area contributed by atoms with E-state index in [4.69, 9.17) is 9.84 Å². The fourth-order valence-corrected chi connectivity index (χ4v) is 5.18. The zero-order chi connectivity index (χ0) is 20.7. The van der Waals surface area contributed by atoms with E-state index in [-0.39, 0.29) is 11.8 Å². The van der Waals surface area contributed by atoms with Crippen LogP contribution in [0.3, 0.4) is 0 Å². The van der Waals surface area contributed by atoms with E-state index in [9.17, 15) is 0 Å². The third kappa shape index (κ3) is 3.29. The first-order valence-corrected chi connectivity index (χ1v) is 11.1. The molecule has 2 aromatic carbocycles. The van der Waals surface area contributed by atoms with E-state index in [2.05, 4.69) is 81.6 Å². The van der Waals surface area contributed by atoms with Crippen molar-refractivity contribution < 1.29 is 4.74 Å². The van der Waals surface area contributed by atoms with Gasteiger partial charge in [-0.15, -0.1) is 0 Å². The van der Waals surface area contributed by atoms with Crippen molar-refractivity contribution in [2.45, 2.75) is 37.6 Å². The second-order valence-corrected chi connectivity index (χ2v) is 8.69. The van der Waals surface area contributed by atoms with Gasteiger partial charge in [-0.2, -0.15) is 5.10 Å². The van der Waals surface area contributed by atoms with E-state index in [1.54, 1.807) is 0 Å². The molecule has 3 aliphatic rings. The number of piperidine rings is 1. The summed E-state index contributed by atoms with van der Waals surface area (Å²) in [5, 5.41) is 7.43. The molecular formula is C26H26N4O. The number of rotatable bonds is 3. The maximum absolute atomic E-state index is 6.74. The number of fused-ring (bicyclic) bond motifs is 4. The second kappa shape index (κ2) is 7.50. The van der Waals surface area contributed by atoms with Crippen molar-refractivity contribution in [1.29, 1.82) is 0 Å². The third-order valence-electron chi connectivity index (χ3n) is 6.81. The summed E-state index contributed by atoms with van der Waals surface area (Å²) in [5.41, 5.74) is 4.51. The van der Waals surface area contributed by atoms with Gasteiger partial charge in [0.1, 0.15) is 5.75 Å². The minimum atomic E-state index is -0.374. The SMILES string of the molecule is c1ccc(CN2CCC3(CC2)Oc2ccccc2[C@H]2CC(c4ccncc4)=NN23)cc1. The van der Waals surface area contributed by atoms with Gasteiger partial charge in [0.05, 0.1) is 11.8 Å². The van der Waals surface area contributed by atoms with Crippen molar-refractivity contribution in [2.24, 2.45) is 5.10 Å². The lowest BCUT2D eigenvalue weighted by molar-refractivity contribution is -0.150. The minimum Gasteiger partial charge on any atom is -0.466 e. The maximum atomic E-state index is 6.74. The quantitative estimate of drug-likeness (QED) is 0.632. The van der Waals surface area contributed by atoms with Crippen molar-refractivity contribution in [2.75, 3.05) is 13.1 Å². The van der Waals surface area contributed by atoms with Crippen molar-refractivity contribution >= 4 is 5.71 Å². The molecule has 0 N–H and O–H groups in total. The van der Waals surface area contributed by atoms with Crippen LogP contribution in [-0.4, -0.2) is 39.4 Å². The molecule has 6 rings (SSSR count). The van der Waals surface area contributed by atoms with Gasteiger partial charge in [0.25, 0.3) is 0 Å². The van der Waals surface area contributed by atoms with Crippen LogP contribution in [0.2, 0.25) is 0 Å². The molecule has 156 valence electrons. The van der Waals surface area contributed by atoms with Gasteiger partial charge in [-0.25, -0.2) is 5.01 Å². The van der Waals surface area contributed by atoms with E-state index in [1.807, 2.05) is 12.4 Å². The topological polar surface area (TPSA) is 41.0 Å². The highest BCUT2D eigenvalue weighted by atomic mass is 16.5. The summed E-state index contributed by atoms with van der Waals surface area (Å²) in [5.74, 6) is 1.02. The Balaban J connectivity index is 1.29. The maximum Gasteiger partial charge on any atom is 0.200 e. The first-order chi connectivity index (χ1) is 15.3. The molecule has 0 radical (unpaired) electrons. The van der Waals surface area contributed by atoms with E-state index < -0.39 is 0 Å². The lowest BCUT2D eigenvalue weighted by Crippen LogP contribution is -2.59. The zero-order valence-electron chi connectivity index (χ0n) is 17.5. The highest BCUT2D eigenvalue weighted by Gasteiger charge is 2.51. The van der Waals surface area contributed by atoms with Gasteiger partial charge in [0, 0.05) is 62.4 Å². The largest absolute Gasteiger partial charge is 0.466 e. The number of aromatic nitrogens is 1. The monoisotopic (exact) mass is 410 g/mol.